The summed E-state index contributed by atoms with van der Waals surface area (Å²) in [6.07, 6.45) is 4.44. The number of piperidine rings is 1. The van der Waals surface area contributed by atoms with E-state index in [1.54, 1.807) is 0 Å². The highest BCUT2D eigenvalue weighted by Crippen LogP contribution is 2.20. The summed E-state index contributed by atoms with van der Waals surface area (Å²) in [6.45, 7) is 11.4. The summed E-state index contributed by atoms with van der Waals surface area (Å²) in [6, 6.07) is 5.61. The van der Waals surface area contributed by atoms with Crippen molar-refractivity contribution in [2.45, 2.75) is 38.8 Å². The van der Waals surface area contributed by atoms with Crippen LogP contribution in [0.2, 0.25) is 0 Å². The van der Waals surface area contributed by atoms with Crippen molar-refractivity contribution >= 4 is 11.5 Å². The van der Waals surface area contributed by atoms with Crippen LogP contribution in [0.5, 0.6) is 0 Å². The Morgan fingerprint density at radius 3 is 2.30 bits per heavy atom. The number of rotatable bonds is 4. The molecule has 0 spiro atoms. The van der Waals surface area contributed by atoms with E-state index < -0.39 is 0 Å². The molecule has 2 fully saturated rings. The lowest BCUT2D eigenvalue weighted by Gasteiger charge is -2.35. The second kappa shape index (κ2) is 7.49. The van der Waals surface area contributed by atoms with Gasteiger partial charge in [0.05, 0.1) is 11.9 Å². The van der Waals surface area contributed by atoms with E-state index in [-0.39, 0.29) is 0 Å². The molecule has 0 unspecified atom stereocenters. The van der Waals surface area contributed by atoms with Crippen molar-refractivity contribution in [2.75, 3.05) is 56.5 Å². The van der Waals surface area contributed by atoms with Gasteiger partial charge in [0.2, 0.25) is 0 Å². The summed E-state index contributed by atoms with van der Waals surface area (Å²) in [7, 11) is 2.18. The molecule has 128 valence electrons. The van der Waals surface area contributed by atoms with E-state index in [0.717, 1.165) is 37.7 Å². The summed E-state index contributed by atoms with van der Waals surface area (Å²) in [5.74, 6) is 1.11. The summed E-state index contributed by atoms with van der Waals surface area (Å²) < 4.78 is 0. The average molecular weight is 317 g/mol. The summed E-state index contributed by atoms with van der Waals surface area (Å²) in [4.78, 5) is 12.0. The van der Waals surface area contributed by atoms with Crippen molar-refractivity contribution in [1.29, 1.82) is 0 Å². The smallest absolute Gasteiger partial charge is 0.128 e. The Morgan fingerprint density at radius 1 is 1.04 bits per heavy atom. The highest BCUT2D eigenvalue weighted by atomic mass is 15.3. The Labute approximate surface area is 140 Å². The molecule has 2 aliphatic rings. The van der Waals surface area contributed by atoms with Gasteiger partial charge in [0, 0.05) is 51.4 Å². The lowest BCUT2D eigenvalue weighted by molar-refractivity contribution is 0.177. The van der Waals surface area contributed by atoms with E-state index >= 15 is 0 Å². The Hall–Kier alpha value is -1.33. The Balaban J connectivity index is 1.50. The monoisotopic (exact) mass is 317 g/mol. The third kappa shape index (κ3) is 4.36. The van der Waals surface area contributed by atoms with E-state index in [1.807, 2.05) is 6.20 Å². The molecular weight excluding hydrogens is 286 g/mol. The van der Waals surface area contributed by atoms with Gasteiger partial charge >= 0.3 is 0 Å². The molecule has 0 radical (unpaired) electrons. The van der Waals surface area contributed by atoms with Crippen LogP contribution in [0.4, 0.5) is 11.5 Å². The van der Waals surface area contributed by atoms with E-state index in [9.17, 15) is 0 Å². The quantitative estimate of drug-likeness (QED) is 0.920. The SMILES string of the molecule is CC(C)N1CCC(Nc2ccc(N3CCN(C)CC3)nc2)CC1. The molecular formula is C18H31N5. The topological polar surface area (TPSA) is 34.6 Å². The van der Waals surface area contributed by atoms with Crippen LogP contribution in [-0.4, -0.2) is 73.2 Å². The molecule has 0 saturated carbocycles. The maximum absolute atomic E-state index is 4.67. The molecule has 2 aliphatic heterocycles. The first-order valence-corrected chi connectivity index (χ1v) is 9.02. The molecule has 1 aromatic heterocycles. The van der Waals surface area contributed by atoms with Gasteiger partial charge < -0.3 is 20.0 Å². The molecule has 23 heavy (non-hydrogen) atoms. The number of likely N-dealkylation sites (N-methyl/N-ethyl adjacent to an activating group) is 1. The summed E-state index contributed by atoms with van der Waals surface area (Å²) >= 11 is 0. The highest BCUT2D eigenvalue weighted by molar-refractivity contribution is 5.49. The largest absolute Gasteiger partial charge is 0.381 e. The number of hydrogen-bond donors (Lipinski definition) is 1. The molecule has 1 aromatic rings. The molecule has 0 aliphatic carbocycles. The minimum Gasteiger partial charge on any atom is -0.381 e. The zero-order valence-corrected chi connectivity index (χ0v) is 14.8. The number of aromatic nitrogens is 1. The van der Waals surface area contributed by atoms with Crippen molar-refractivity contribution in [2.24, 2.45) is 0 Å². The summed E-state index contributed by atoms with van der Waals surface area (Å²) in [5, 5.41) is 3.66. The lowest BCUT2D eigenvalue weighted by Crippen LogP contribution is -2.44. The summed E-state index contributed by atoms with van der Waals surface area (Å²) in [5.41, 5.74) is 1.16. The van der Waals surface area contributed by atoms with Crippen LogP contribution in [-0.2, 0) is 0 Å². The van der Waals surface area contributed by atoms with Crippen molar-refractivity contribution in [3.63, 3.8) is 0 Å². The van der Waals surface area contributed by atoms with Crippen molar-refractivity contribution < 1.29 is 0 Å². The third-order valence-electron chi connectivity index (χ3n) is 5.21. The standard InChI is InChI=1S/C18H31N5/c1-15(2)22-8-6-16(7-9-22)20-17-4-5-18(19-14-17)23-12-10-21(3)11-13-23/h4-5,14-16,20H,6-13H2,1-3H3. The molecule has 0 atom stereocenters. The fourth-order valence-corrected chi connectivity index (χ4v) is 3.49. The minimum atomic E-state index is 0.585. The number of pyridine rings is 1. The van der Waals surface area contributed by atoms with Gasteiger partial charge in [-0.1, -0.05) is 0 Å². The Morgan fingerprint density at radius 2 is 1.74 bits per heavy atom. The van der Waals surface area contributed by atoms with Crippen LogP contribution < -0.4 is 10.2 Å². The van der Waals surface area contributed by atoms with Gasteiger partial charge in [0.25, 0.3) is 0 Å². The predicted molar refractivity (Wildman–Crippen MR) is 97.3 cm³/mol. The second-order valence-electron chi connectivity index (χ2n) is 7.24. The van der Waals surface area contributed by atoms with Crippen LogP contribution in [0.25, 0.3) is 0 Å². The molecule has 5 heteroatoms. The molecule has 0 bridgehead atoms. The van der Waals surface area contributed by atoms with Crippen molar-refractivity contribution in [3.05, 3.63) is 18.3 Å². The zero-order chi connectivity index (χ0) is 16.2. The van der Waals surface area contributed by atoms with Gasteiger partial charge in [-0.05, 0) is 45.9 Å². The predicted octanol–water partition coefficient (Wildman–Crippen LogP) is 2.12. The van der Waals surface area contributed by atoms with Gasteiger partial charge in [0.15, 0.2) is 0 Å². The lowest BCUT2D eigenvalue weighted by atomic mass is 10.0. The van der Waals surface area contributed by atoms with Gasteiger partial charge in [0.1, 0.15) is 5.82 Å². The van der Waals surface area contributed by atoms with E-state index in [2.05, 4.69) is 58.0 Å². The van der Waals surface area contributed by atoms with Gasteiger partial charge in [-0.15, -0.1) is 0 Å². The molecule has 0 amide bonds. The van der Waals surface area contributed by atoms with Gasteiger partial charge in [-0.3, -0.25) is 0 Å². The molecule has 5 nitrogen and oxygen atoms in total. The van der Waals surface area contributed by atoms with Crippen molar-refractivity contribution in [1.82, 2.24) is 14.8 Å². The number of nitrogens with zero attached hydrogens (tertiary/aromatic N) is 4. The fraction of sp³-hybridized carbons (Fsp3) is 0.722. The van der Waals surface area contributed by atoms with Crippen molar-refractivity contribution in [3.8, 4) is 0 Å². The van der Waals surface area contributed by atoms with Crippen LogP contribution in [0.3, 0.4) is 0 Å². The minimum absolute atomic E-state index is 0.585. The van der Waals surface area contributed by atoms with Crippen LogP contribution >= 0.6 is 0 Å². The van der Waals surface area contributed by atoms with Crippen LogP contribution in [0, 0.1) is 0 Å². The number of likely N-dealkylation sites (tertiary alicyclic amines) is 1. The molecule has 2 saturated heterocycles. The van der Waals surface area contributed by atoms with E-state index in [1.165, 1.54) is 25.9 Å². The second-order valence-corrected chi connectivity index (χ2v) is 7.24. The third-order valence-corrected chi connectivity index (χ3v) is 5.21. The normalized spacial score (nSPS) is 21.8. The zero-order valence-electron chi connectivity index (χ0n) is 14.8. The van der Waals surface area contributed by atoms with Gasteiger partial charge in [-0.25, -0.2) is 4.98 Å². The fourth-order valence-electron chi connectivity index (χ4n) is 3.49. The van der Waals surface area contributed by atoms with Crippen LogP contribution in [0.15, 0.2) is 18.3 Å². The molecule has 1 N–H and O–H groups in total. The number of piperazine rings is 1. The first kappa shape index (κ1) is 16.5. The molecule has 3 heterocycles. The van der Waals surface area contributed by atoms with Crippen LogP contribution in [0.1, 0.15) is 26.7 Å². The Kier molecular flexibility index (Phi) is 5.38. The number of nitrogens with one attached hydrogen (secondary N) is 1. The number of anilines is 2. The maximum Gasteiger partial charge on any atom is 0.128 e. The van der Waals surface area contributed by atoms with E-state index in [0.29, 0.717) is 12.1 Å². The maximum atomic E-state index is 4.67. The van der Waals surface area contributed by atoms with Gasteiger partial charge in [-0.2, -0.15) is 0 Å². The first-order valence-electron chi connectivity index (χ1n) is 9.02. The highest BCUT2D eigenvalue weighted by Gasteiger charge is 2.21. The molecule has 0 aromatic carbocycles. The number of hydrogen-bond acceptors (Lipinski definition) is 5. The first-order chi connectivity index (χ1) is 11.1. The Bertz CT molecular complexity index is 471. The van der Waals surface area contributed by atoms with E-state index in [4.69, 9.17) is 0 Å². The molecule has 3 rings (SSSR count). The average Bonchev–Trinajstić information content (AvgIpc) is 2.57.